The van der Waals surface area contributed by atoms with Crippen molar-refractivity contribution in [1.29, 1.82) is 0 Å². The highest BCUT2D eigenvalue weighted by Crippen LogP contribution is 2.35. The summed E-state index contributed by atoms with van der Waals surface area (Å²) in [5.41, 5.74) is 2.79. The highest BCUT2D eigenvalue weighted by molar-refractivity contribution is 5.98. The third-order valence-electron chi connectivity index (χ3n) is 4.78. The van der Waals surface area contributed by atoms with Gasteiger partial charge in [-0.1, -0.05) is 44.4 Å². The maximum absolute atomic E-state index is 12.5. The second-order valence-electron chi connectivity index (χ2n) is 6.62. The Bertz CT molecular complexity index is 738. The van der Waals surface area contributed by atoms with Gasteiger partial charge in [-0.3, -0.25) is 0 Å². The number of hydrogen-bond donors (Lipinski definition) is 1. The zero-order chi connectivity index (χ0) is 19.6. The maximum Gasteiger partial charge on any atom is 0.338 e. The molecule has 4 nitrogen and oxygen atoms in total. The van der Waals surface area contributed by atoms with Crippen LogP contribution in [0.4, 0.5) is 5.69 Å². The summed E-state index contributed by atoms with van der Waals surface area (Å²) < 4.78 is 5.44. The number of benzene rings is 2. The number of esters is 1. The predicted molar refractivity (Wildman–Crippen MR) is 112 cm³/mol. The molecule has 2 aromatic rings. The van der Waals surface area contributed by atoms with Gasteiger partial charge in [0.15, 0.2) is 0 Å². The van der Waals surface area contributed by atoms with Crippen molar-refractivity contribution in [2.75, 3.05) is 24.6 Å². The van der Waals surface area contributed by atoms with E-state index in [4.69, 9.17) is 4.74 Å². The largest absolute Gasteiger partial charge is 0.507 e. The number of carbonyl (C=O) groups excluding carboxylic acids is 1. The summed E-state index contributed by atoms with van der Waals surface area (Å²) in [7, 11) is 0. The summed E-state index contributed by atoms with van der Waals surface area (Å²) in [5.74, 6) is -0.170. The normalized spacial score (nSPS) is 10.6. The van der Waals surface area contributed by atoms with Gasteiger partial charge in [-0.2, -0.15) is 0 Å². The zero-order valence-electron chi connectivity index (χ0n) is 16.7. The van der Waals surface area contributed by atoms with Crippen molar-refractivity contribution < 1.29 is 14.6 Å². The standard InChI is InChI=1S/C23H31NO3/c1-4-7-8-11-16-27-23(26)21-13-10-9-12-19(21)20-15-14-18(17-22(20)25)24(5-2)6-3/h9-10,12-15,17,25H,4-8,11,16H2,1-3H3. The van der Waals surface area contributed by atoms with Crippen LogP contribution in [0.1, 0.15) is 56.8 Å². The van der Waals surface area contributed by atoms with E-state index in [1.165, 1.54) is 0 Å². The minimum Gasteiger partial charge on any atom is -0.507 e. The van der Waals surface area contributed by atoms with Gasteiger partial charge in [0.1, 0.15) is 5.75 Å². The summed E-state index contributed by atoms with van der Waals surface area (Å²) in [6.45, 7) is 8.49. The molecule has 0 aliphatic heterocycles. The van der Waals surface area contributed by atoms with E-state index in [0.717, 1.165) is 44.5 Å². The van der Waals surface area contributed by atoms with Crippen molar-refractivity contribution in [3.63, 3.8) is 0 Å². The maximum atomic E-state index is 12.5. The van der Waals surface area contributed by atoms with Crippen LogP contribution in [0.25, 0.3) is 11.1 Å². The molecule has 146 valence electrons. The second kappa shape index (κ2) is 10.6. The monoisotopic (exact) mass is 369 g/mol. The lowest BCUT2D eigenvalue weighted by molar-refractivity contribution is 0.0498. The van der Waals surface area contributed by atoms with Gasteiger partial charge in [-0.05, 0) is 44.0 Å². The van der Waals surface area contributed by atoms with Crippen LogP contribution in [-0.4, -0.2) is 30.8 Å². The lowest BCUT2D eigenvalue weighted by Crippen LogP contribution is -2.21. The van der Waals surface area contributed by atoms with Gasteiger partial charge in [0.05, 0.1) is 12.2 Å². The first-order chi connectivity index (χ1) is 13.1. The molecule has 0 atom stereocenters. The molecule has 0 saturated heterocycles. The first-order valence-electron chi connectivity index (χ1n) is 9.96. The number of hydrogen-bond acceptors (Lipinski definition) is 4. The van der Waals surface area contributed by atoms with Crippen molar-refractivity contribution in [3.05, 3.63) is 48.0 Å². The third-order valence-corrected chi connectivity index (χ3v) is 4.78. The van der Waals surface area contributed by atoms with Gasteiger partial charge >= 0.3 is 5.97 Å². The van der Waals surface area contributed by atoms with Crippen LogP contribution in [0.2, 0.25) is 0 Å². The number of unbranched alkanes of at least 4 members (excludes halogenated alkanes) is 3. The lowest BCUT2D eigenvalue weighted by Gasteiger charge is -2.22. The van der Waals surface area contributed by atoms with Gasteiger partial charge in [-0.15, -0.1) is 0 Å². The summed E-state index contributed by atoms with van der Waals surface area (Å²) >= 11 is 0. The summed E-state index contributed by atoms with van der Waals surface area (Å²) in [6, 6.07) is 12.9. The molecule has 0 heterocycles. The van der Waals surface area contributed by atoms with Crippen molar-refractivity contribution in [1.82, 2.24) is 0 Å². The number of carbonyl (C=O) groups is 1. The number of anilines is 1. The molecule has 0 bridgehead atoms. The zero-order valence-corrected chi connectivity index (χ0v) is 16.7. The number of ether oxygens (including phenoxy) is 1. The fourth-order valence-corrected chi connectivity index (χ4v) is 3.20. The average molecular weight is 370 g/mol. The Morgan fingerprint density at radius 2 is 1.70 bits per heavy atom. The van der Waals surface area contributed by atoms with Crippen LogP contribution in [-0.2, 0) is 4.74 Å². The van der Waals surface area contributed by atoms with Crippen molar-refractivity contribution in [3.8, 4) is 16.9 Å². The quantitative estimate of drug-likeness (QED) is 0.435. The molecule has 4 heteroatoms. The van der Waals surface area contributed by atoms with Crippen molar-refractivity contribution in [2.24, 2.45) is 0 Å². The number of phenolic OH excluding ortho intramolecular Hbond substituents is 1. The molecular formula is C23H31NO3. The summed E-state index contributed by atoms with van der Waals surface area (Å²) in [6.07, 6.45) is 4.25. The predicted octanol–water partition coefficient (Wildman–Crippen LogP) is 5.64. The Kier molecular flexibility index (Phi) is 8.18. The van der Waals surface area contributed by atoms with E-state index in [1.807, 2.05) is 30.3 Å². The van der Waals surface area contributed by atoms with Crippen molar-refractivity contribution >= 4 is 11.7 Å². The number of nitrogens with zero attached hydrogens (tertiary/aromatic N) is 1. The average Bonchev–Trinajstić information content (AvgIpc) is 2.69. The van der Waals surface area contributed by atoms with Crippen LogP contribution in [0.5, 0.6) is 5.75 Å². The lowest BCUT2D eigenvalue weighted by atomic mass is 9.98. The van der Waals surface area contributed by atoms with Crippen LogP contribution < -0.4 is 4.90 Å². The Hall–Kier alpha value is -2.49. The topological polar surface area (TPSA) is 49.8 Å². The van der Waals surface area contributed by atoms with E-state index in [2.05, 4.69) is 25.7 Å². The van der Waals surface area contributed by atoms with E-state index in [0.29, 0.717) is 23.3 Å². The van der Waals surface area contributed by atoms with Crippen LogP contribution in [0.15, 0.2) is 42.5 Å². The Labute approximate surface area is 162 Å². The fourth-order valence-electron chi connectivity index (χ4n) is 3.20. The molecule has 0 aromatic heterocycles. The van der Waals surface area contributed by atoms with Gasteiger partial charge in [0.25, 0.3) is 0 Å². The molecule has 0 radical (unpaired) electrons. The van der Waals surface area contributed by atoms with E-state index in [-0.39, 0.29) is 11.7 Å². The minimum atomic E-state index is -0.339. The van der Waals surface area contributed by atoms with E-state index >= 15 is 0 Å². The van der Waals surface area contributed by atoms with Crippen LogP contribution >= 0.6 is 0 Å². The van der Waals surface area contributed by atoms with E-state index in [1.54, 1.807) is 12.1 Å². The number of aromatic hydroxyl groups is 1. The molecule has 0 spiro atoms. The summed E-state index contributed by atoms with van der Waals surface area (Å²) in [4.78, 5) is 14.7. The molecule has 0 saturated carbocycles. The number of rotatable bonds is 10. The molecular weight excluding hydrogens is 338 g/mol. The molecule has 1 N–H and O–H groups in total. The Morgan fingerprint density at radius 1 is 0.963 bits per heavy atom. The molecule has 2 aromatic carbocycles. The van der Waals surface area contributed by atoms with Crippen LogP contribution in [0.3, 0.4) is 0 Å². The molecule has 0 amide bonds. The van der Waals surface area contributed by atoms with Gasteiger partial charge in [0.2, 0.25) is 0 Å². The third kappa shape index (κ3) is 5.49. The Morgan fingerprint density at radius 3 is 2.37 bits per heavy atom. The molecule has 0 aliphatic rings. The smallest absolute Gasteiger partial charge is 0.338 e. The van der Waals surface area contributed by atoms with Crippen molar-refractivity contribution in [2.45, 2.75) is 46.5 Å². The fraction of sp³-hybridized carbons (Fsp3) is 0.435. The first-order valence-corrected chi connectivity index (χ1v) is 9.96. The van der Waals surface area contributed by atoms with E-state index < -0.39 is 0 Å². The van der Waals surface area contributed by atoms with Crippen LogP contribution in [0, 0.1) is 0 Å². The second-order valence-corrected chi connectivity index (χ2v) is 6.62. The SMILES string of the molecule is CCCCCCOC(=O)c1ccccc1-c1ccc(N(CC)CC)cc1O. The highest BCUT2D eigenvalue weighted by Gasteiger charge is 2.17. The summed E-state index contributed by atoms with van der Waals surface area (Å²) in [5, 5.41) is 10.6. The molecule has 0 unspecified atom stereocenters. The van der Waals surface area contributed by atoms with Gasteiger partial charge in [-0.25, -0.2) is 4.79 Å². The highest BCUT2D eigenvalue weighted by atomic mass is 16.5. The molecule has 2 rings (SSSR count). The Balaban J connectivity index is 2.21. The minimum absolute atomic E-state index is 0.169. The molecule has 27 heavy (non-hydrogen) atoms. The molecule has 0 fully saturated rings. The molecule has 0 aliphatic carbocycles. The van der Waals surface area contributed by atoms with Gasteiger partial charge in [0, 0.05) is 30.4 Å². The van der Waals surface area contributed by atoms with E-state index in [9.17, 15) is 9.90 Å². The first kappa shape index (κ1) is 20.8. The number of phenols is 1. The van der Waals surface area contributed by atoms with Gasteiger partial charge < -0.3 is 14.7 Å².